The normalized spacial score (nSPS) is 29.9. The van der Waals surface area contributed by atoms with Gasteiger partial charge in [0.2, 0.25) is 0 Å². The molecule has 4 rings (SSSR count). The van der Waals surface area contributed by atoms with Gasteiger partial charge in [-0.2, -0.15) is 0 Å². The molecular weight excluding hydrogens is 348 g/mol. The highest BCUT2D eigenvalue weighted by Gasteiger charge is 2.53. The third kappa shape index (κ3) is 3.86. The van der Waals surface area contributed by atoms with E-state index in [1.165, 1.54) is 62.1 Å². The third-order valence-corrected chi connectivity index (χ3v) is 7.34. The van der Waals surface area contributed by atoms with Gasteiger partial charge in [-0.3, -0.25) is 4.90 Å². The first-order valence-electron chi connectivity index (χ1n) is 10.9. The van der Waals surface area contributed by atoms with Crippen LogP contribution in [-0.2, 0) is 0 Å². The Morgan fingerprint density at radius 1 is 1.11 bits per heavy atom. The molecule has 1 N–H and O–H groups in total. The molecule has 1 aliphatic heterocycles. The van der Waals surface area contributed by atoms with E-state index < -0.39 is 0 Å². The molecule has 1 aromatic carbocycles. The van der Waals surface area contributed by atoms with Crippen LogP contribution in [0.15, 0.2) is 18.2 Å². The third-order valence-electron chi connectivity index (χ3n) is 7.34. The summed E-state index contributed by atoms with van der Waals surface area (Å²) in [7, 11) is 3.62. The molecule has 28 heavy (non-hydrogen) atoms. The minimum Gasteiger partial charge on any atom is -0.369 e. The van der Waals surface area contributed by atoms with E-state index in [9.17, 15) is 4.79 Å². The number of carbonyl (C=O) groups is 1. The molecule has 5 nitrogen and oxygen atoms in total. The molecule has 0 bridgehead atoms. The first kappa shape index (κ1) is 19.6. The lowest BCUT2D eigenvalue weighted by molar-refractivity contribution is -0.0573. The van der Waals surface area contributed by atoms with Crippen LogP contribution >= 0.6 is 0 Å². The van der Waals surface area contributed by atoms with Crippen LogP contribution in [0.2, 0.25) is 0 Å². The van der Waals surface area contributed by atoms with Gasteiger partial charge in [0.1, 0.15) is 0 Å². The maximum Gasteiger partial charge on any atom is 0.317 e. The predicted molar refractivity (Wildman–Crippen MR) is 115 cm³/mol. The van der Waals surface area contributed by atoms with Gasteiger partial charge < -0.3 is 15.1 Å². The molecule has 0 aromatic heterocycles. The molecule has 1 aromatic rings. The second kappa shape index (κ2) is 7.58. The number of benzene rings is 1. The lowest BCUT2D eigenvalue weighted by atomic mass is 9.50. The van der Waals surface area contributed by atoms with E-state index >= 15 is 0 Å². The zero-order valence-electron chi connectivity index (χ0n) is 18.0. The molecule has 2 aliphatic carbocycles. The molecule has 3 fully saturated rings. The van der Waals surface area contributed by atoms with E-state index in [-0.39, 0.29) is 6.03 Å². The Balaban J connectivity index is 1.17. The fraction of sp³-hybridized carbons (Fsp3) is 0.696. The summed E-state index contributed by atoms with van der Waals surface area (Å²) in [6.07, 6.45) is 5.09. The van der Waals surface area contributed by atoms with Gasteiger partial charge in [-0.05, 0) is 68.1 Å². The van der Waals surface area contributed by atoms with Gasteiger partial charge in [0, 0.05) is 58.5 Å². The Morgan fingerprint density at radius 2 is 1.79 bits per heavy atom. The van der Waals surface area contributed by atoms with Gasteiger partial charge in [-0.1, -0.05) is 12.1 Å². The zero-order chi connectivity index (χ0) is 19.9. The van der Waals surface area contributed by atoms with Crippen molar-refractivity contribution in [2.45, 2.75) is 45.6 Å². The molecule has 1 spiro atoms. The highest BCUT2D eigenvalue weighted by molar-refractivity contribution is 5.74. The molecule has 0 atom stereocenters. The molecule has 0 unspecified atom stereocenters. The molecule has 2 amide bonds. The van der Waals surface area contributed by atoms with E-state index in [4.69, 9.17) is 0 Å². The van der Waals surface area contributed by atoms with Crippen molar-refractivity contribution in [1.29, 1.82) is 0 Å². The SMILES string of the molecule is Cc1cccc(N2CCN(CC3CC4(C3)CC(NC(=O)N(C)C)C4)CC2)c1C. The number of aryl methyl sites for hydroxylation is 1. The van der Waals surface area contributed by atoms with Crippen molar-refractivity contribution in [2.75, 3.05) is 51.7 Å². The number of nitrogens with zero attached hydrogens (tertiary/aromatic N) is 3. The number of amides is 2. The monoisotopic (exact) mass is 384 g/mol. The average Bonchev–Trinajstić information content (AvgIpc) is 2.61. The van der Waals surface area contributed by atoms with Gasteiger partial charge in [0.05, 0.1) is 0 Å². The second-order valence-electron chi connectivity index (χ2n) is 9.73. The maximum absolute atomic E-state index is 11.8. The highest BCUT2D eigenvalue weighted by Crippen LogP contribution is 2.58. The number of piperazine rings is 1. The van der Waals surface area contributed by atoms with E-state index in [2.05, 4.69) is 47.2 Å². The van der Waals surface area contributed by atoms with Crippen LogP contribution in [0.1, 0.15) is 36.8 Å². The summed E-state index contributed by atoms with van der Waals surface area (Å²) in [5, 5.41) is 3.14. The standard InChI is InChI=1S/C23H36N4O/c1-17-6-5-7-21(18(17)2)27-10-8-26(9-11-27)16-19-12-23(13-19)14-20(15-23)24-22(28)25(3)4/h5-7,19-20H,8-16H2,1-4H3,(H,24,28). The van der Waals surface area contributed by atoms with Crippen molar-refractivity contribution in [2.24, 2.45) is 11.3 Å². The summed E-state index contributed by atoms with van der Waals surface area (Å²) >= 11 is 0. The van der Waals surface area contributed by atoms with Crippen LogP contribution < -0.4 is 10.2 Å². The summed E-state index contributed by atoms with van der Waals surface area (Å²) in [6, 6.07) is 7.12. The number of urea groups is 1. The Kier molecular flexibility index (Phi) is 5.30. The van der Waals surface area contributed by atoms with E-state index in [1.54, 1.807) is 4.90 Å². The van der Waals surface area contributed by atoms with Gasteiger partial charge >= 0.3 is 6.03 Å². The number of carbonyl (C=O) groups excluding carboxylic acids is 1. The summed E-state index contributed by atoms with van der Waals surface area (Å²) in [6.45, 7) is 10.4. The first-order valence-corrected chi connectivity index (χ1v) is 10.9. The number of hydrogen-bond donors (Lipinski definition) is 1. The Labute approximate surface area is 170 Å². The zero-order valence-corrected chi connectivity index (χ0v) is 18.0. The van der Waals surface area contributed by atoms with Crippen molar-refractivity contribution >= 4 is 11.7 Å². The number of anilines is 1. The minimum atomic E-state index is 0.0532. The number of hydrogen-bond acceptors (Lipinski definition) is 3. The topological polar surface area (TPSA) is 38.8 Å². The van der Waals surface area contributed by atoms with E-state index in [1.807, 2.05) is 14.1 Å². The number of rotatable bonds is 4. The van der Waals surface area contributed by atoms with Crippen LogP contribution in [0.3, 0.4) is 0 Å². The van der Waals surface area contributed by atoms with Gasteiger partial charge in [0.15, 0.2) is 0 Å². The summed E-state index contributed by atoms with van der Waals surface area (Å²) < 4.78 is 0. The number of nitrogens with one attached hydrogen (secondary N) is 1. The van der Waals surface area contributed by atoms with Crippen LogP contribution in [0.25, 0.3) is 0 Å². The fourth-order valence-electron chi connectivity index (χ4n) is 5.63. The van der Waals surface area contributed by atoms with Crippen LogP contribution in [0.4, 0.5) is 10.5 Å². The average molecular weight is 385 g/mol. The van der Waals surface area contributed by atoms with Gasteiger partial charge in [0.25, 0.3) is 0 Å². The maximum atomic E-state index is 11.8. The van der Waals surface area contributed by atoms with Crippen molar-refractivity contribution < 1.29 is 4.79 Å². The van der Waals surface area contributed by atoms with Crippen molar-refractivity contribution in [3.63, 3.8) is 0 Å². The second-order valence-corrected chi connectivity index (χ2v) is 9.73. The van der Waals surface area contributed by atoms with E-state index in [0.29, 0.717) is 11.5 Å². The molecular formula is C23H36N4O. The molecule has 0 radical (unpaired) electrons. The quantitative estimate of drug-likeness (QED) is 0.866. The Bertz CT molecular complexity index is 709. The van der Waals surface area contributed by atoms with E-state index in [0.717, 1.165) is 19.0 Å². The fourth-order valence-corrected chi connectivity index (χ4v) is 5.63. The smallest absolute Gasteiger partial charge is 0.317 e. The molecule has 2 saturated carbocycles. The molecule has 154 valence electrons. The van der Waals surface area contributed by atoms with Gasteiger partial charge in [-0.15, -0.1) is 0 Å². The lowest BCUT2D eigenvalue weighted by Crippen LogP contribution is -2.59. The Hall–Kier alpha value is -1.75. The molecule has 1 saturated heterocycles. The molecule has 1 heterocycles. The largest absolute Gasteiger partial charge is 0.369 e. The molecule has 5 heteroatoms. The van der Waals surface area contributed by atoms with Crippen molar-refractivity contribution in [1.82, 2.24) is 15.1 Å². The predicted octanol–water partition coefficient (Wildman–Crippen LogP) is 3.26. The molecule has 3 aliphatic rings. The van der Waals surface area contributed by atoms with Crippen molar-refractivity contribution in [3.05, 3.63) is 29.3 Å². The first-order chi connectivity index (χ1) is 13.3. The lowest BCUT2D eigenvalue weighted by Gasteiger charge is -2.58. The minimum absolute atomic E-state index is 0.0532. The highest BCUT2D eigenvalue weighted by atomic mass is 16.2. The van der Waals surface area contributed by atoms with Crippen LogP contribution in [0.5, 0.6) is 0 Å². The van der Waals surface area contributed by atoms with Crippen LogP contribution in [-0.4, -0.2) is 68.7 Å². The summed E-state index contributed by atoms with van der Waals surface area (Å²) in [4.78, 5) is 18.6. The van der Waals surface area contributed by atoms with Crippen molar-refractivity contribution in [3.8, 4) is 0 Å². The van der Waals surface area contributed by atoms with Crippen LogP contribution in [0, 0.1) is 25.2 Å². The van der Waals surface area contributed by atoms with Gasteiger partial charge in [-0.25, -0.2) is 4.79 Å². The summed E-state index contributed by atoms with van der Waals surface area (Å²) in [5.41, 5.74) is 4.79. The Morgan fingerprint density at radius 3 is 2.43 bits per heavy atom. The summed E-state index contributed by atoms with van der Waals surface area (Å²) in [5.74, 6) is 0.859.